The Morgan fingerprint density at radius 1 is 0.917 bits per heavy atom. The zero-order valence-corrected chi connectivity index (χ0v) is 12.7. The van der Waals surface area contributed by atoms with Crippen LogP contribution in [0.4, 0.5) is 0 Å². The standard InChI is InChI=1S/C16H14O8/c1-4-12(17)22-16(3,23-13(18)5-2)24-15(21)11-8-6-10(7-9-11)14(19)20/h4-9H,1-2H2,3H3,(H,19,20). The van der Waals surface area contributed by atoms with Gasteiger partial charge in [-0.15, -0.1) is 0 Å². The van der Waals surface area contributed by atoms with E-state index in [-0.39, 0.29) is 11.1 Å². The fraction of sp³-hybridized carbons (Fsp3) is 0.125. The zero-order valence-electron chi connectivity index (χ0n) is 12.7. The van der Waals surface area contributed by atoms with Gasteiger partial charge in [-0.25, -0.2) is 19.2 Å². The van der Waals surface area contributed by atoms with Gasteiger partial charge in [0.05, 0.1) is 18.1 Å². The van der Waals surface area contributed by atoms with Crippen LogP contribution in [-0.4, -0.2) is 35.0 Å². The zero-order chi connectivity index (χ0) is 18.3. The number of esters is 3. The first-order valence-electron chi connectivity index (χ1n) is 6.48. The quantitative estimate of drug-likeness (QED) is 0.455. The largest absolute Gasteiger partial charge is 0.478 e. The van der Waals surface area contributed by atoms with Crippen molar-refractivity contribution in [2.75, 3.05) is 0 Å². The van der Waals surface area contributed by atoms with Gasteiger partial charge in [0.2, 0.25) is 0 Å². The summed E-state index contributed by atoms with van der Waals surface area (Å²) in [6, 6.07) is 4.75. The molecular weight excluding hydrogens is 320 g/mol. The van der Waals surface area contributed by atoms with Crippen LogP contribution in [0, 0.1) is 0 Å². The molecule has 0 amide bonds. The van der Waals surface area contributed by atoms with Gasteiger partial charge >= 0.3 is 29.9 Å². The Labute approximate surface area is 136 Å². The highest BCUT2D eigenvalue weighted by Gasteiger charge is 2.37. The Kier molecular flexibility index (Phi) is 6.00. The van der Waals surface area contributed by atoms with Crippen molar-refractivity contribution >= 4 is 23.9 Å². The molecule has 1 aromatic rings. The Hall–Kier alpha value is -3.42. The maximum atomic E-state index is 12.1. The van der Waals surface area contributed by atoms with E-state index in [9.17, 15) is 19.2 Å². The summed E-state index contributed by atoms with van der Waals surface area (Å²) in [5.74, 6) is -6.52. The van der Waals surface area contributed by atoms with Crippen molar-refractivity contribution in [3.05, 3.63) is 60.7 Å². The van der Waals surface area contributed by atoms with Crippen LogP contribution in [0.25, 0.3) is 0 Å². The van der Waals surface area contributed by atoms with Gasteiger partial charge in [-0.05, 0) is 24.3 Å². The van der Waals surface area contributed by atoms with Crippen LogP contribution in [0.1, 0.15) is 27.6 Å². The Morgan fingerprint density at radius 2 is 1.33 bits per heavy atom. The number of carbonyl (C=O) groups excluding carboxylic acids is 3. The highest BCUT2D eigenvalue weighted by Crippen LogP contribution is 2.19. The van der Waals surface area contributed by atoms with Crippen molar-refractivity contribution in [3.8, 4) is 0 Å². The van der Waals surface area contributed by atoms with E-state index >= 15 is 0 Å². The van der Waals surface area contributed by atoms with E-state index in [1.807, 2.05) is 0 Å². The van der Waals surface area contributed by atoms with Crippen molar-refractivity contribution < 1.29 is 38.5 Å². The van der Waals surface area contributed by atoms with E-state index in [4.69, 9.17) is 19.3 Å². The van der Waals surface area contributed by atoms with Crippen LogP contribution in [0.15, 0.2) is 49.6 Å². The molecule has 0 radical (unpaired) electrons. The summed E-state index contributed by atoms with van der Waals surface area (Å²) >= 11 is 0. The van der Waals surface area contributed by atoms with Crippen molar-refractivity contribution in [3.63, 3.8) is 0 Å². The molecular formula is C16H14O8. The number of ether oxygens (including phenoxy) is 3. The molecule has 8 heteroatoms. The predicted molar refractivity (Wildman–Crippen MR) is 79.8 cm³/mol. The number of rotatable bonds is 7. The summed E-state index contributed by atoms with van der Waals surface area (Å²) in [6.07, 6.45) is 1.57. The van der Waals surface area contributed by atoms with Crippen molar-refractivity contribution in [1.29, 1.82) is 0 Å². The average Bonchev–Trinajstić information content (AvgIpc) is 2.54. The average molecular weight is 334 g/mol. The number of carbonyl (C=O) groups is 4. The molecule has 0 fully saturated rings. The lowest BCUT2D eigenvalue weighted by Crippen LogP contribution is -2.41. The van der Waals surface area contributed by atoms with Gasteiger partial charge in [0.1, 0.15) is 0 Å². The Morgan fingerprint density at radius 3 is 1.71 bits per heavy atom. The van der Waals surface area contributed by atoms with Gasteiger partial charge in [0, 0.05) is 12.2 Å². The number of hydrogen-bond donors (Lipinski definition) is 1. The third-order valence-electron chi connectivity index (χ3n) is 2.55. The second-order valence-corrected chi connectivity index (χ2v) is 4.38. The third kappa shape index (κ3) is 5.09. The maximum absolute atomic E-state index is 12.1. The van der Waals surface area contributed by atoms with Gasteiger partial charge in [-0.3, -0.25) is 0 Å². The molecule has 0 spiro atoms. The van der Waals surface area contributed by atoms with E-state index in [0.29, 0.717) is 0 Å². The lowest BCUT2D eigenvalue weighted by molar-refractivity contribution is -0.306. The molecule has 0 saturated carbocycles. The Balaban J connectivity index is 2.99. The van der Waals surface area contributed by atoms with Crippen LogP contribution < -0.4 is 0 Å². The molecule has 1 N–H and O–H groups in total. The molecule has 0 unspecified atom stereocenters. The molecule has 0 aliphatic carbocycles. The highest BCUT2D eigenvalue weighted by atomic mass is 16.9. The smallest absolute Gasteiger partial charge is 0.421 e. The fourth-order valence-electron chi connectivity index (χ4n) is 1.49. The van der Waals surface area contributed by atoms with Gasteiger partial charge < -0.3 is 19.3 Å². The van der Waals surface area contributed by atoms with E-state index in [2.05, 4.69) is 13.2 Å². The number of carboxylic acid groups (broad SMARTS) is 1. The molecule has 1 rings (SSSR count). The van der Waals surface area contributed by atoms with Crippen LogP contribution in [-0.2, 0) is 23.8 Å². The van der Waals surface area contributed by atoms with Gasteiger partial charge in [0.15, 0.2) is 0 Å². The molecule has 8 nitrogen and oxygen atoms in total. The highest BCUT2D eigenvalue weighted by molar-refractivity contribution is 5.93. The maximum Gasteiger partial charge on any atom is 0.421 e. The van der Waals surface area contributed by atoms with Crippen LogP contribution in [0.2, 0.25) is 0 Å². The summed E-state index contributed by atoms with van der Waals surface area (Å²) in [7, 11) is 0. The summed E-state index contributed by atoms with van der Waals surface area (Å²) in [5, 5.41) is 8.80. The van der Waals surface area contributed by atoms with Crippen LogP contribution in [0.3, 0.4) is 0 Å². The number of hydrogen-bond acceptors (Lipinski definition) is 7. The molecule has 126 valence electrons. The summed E-state index contributed by atoms with van der Waals surface area (Å²) in [5.41, 5.74) is -0.0824. The van der Waals surface area contributed by atoms with Gasteiger partial charge in [-0.1, -0.05) is 13.2 Å². The van der Waals surface area contributed by atoms with Gasteiger partial charge in [-0.2, -0.15) is 0 Å². The van der Waals surface area contributed by atoms with Gasteiger partial charge in [0.25, 0.3) is 0 Å². The summed E-state index contributed by atoms with van der Waals surface area (Å²) in [6.45, 7) is 7.38. The van der Waals surface area contributed by atoms with Crippen molar-refractivity contribution in [1.82, 2.24) is 0 Å². The molecule has 0 saturated heterocycles. The molecule has 0 aliphatic heterocycles. The topological polar surface area (TPSA) is 116 Å². The van der Waals surface area contributed by atoms with E-state index in [1.165, 1.54) is 24.3 Å². The van der Waals surface area contributed by atoms with E-state index < -0.39 is 29.9 Å². The van der Waals surface area contributed by atoms with Crippen LogP contribution in [0.5, 0.6) is 0 Å². The number of benzene rings is 1. The van der Waals surface area contributed by atoms with E-state index in [0.717, 1.165) is 19.1 Å². The molecule has 0 bridgehead atoms. The fourth-order valence-corrected chi connectivity index (χ4v) is 1.49. The van der Waals surface area contributed by atoms with Crippen molar-refractivity contribution in [2.45, 2.75) is 12.9 Å². The molecule has 1 aromatic carbocycles. The minimum absolute atomic E-state index is 0.0366. The summed E-state index contributed by atoms with van der Waals surface area (Å²) in [4.78, 5) is 45.5. The first kappa shape index (κ1) is 18.6. The minimum Gasteiger partial charge on any atom is -0.478 e. The normalized spacial score (nSPS) is 10.2. The molecule has 24 heavy (non-hydrogen) atoms. The molecule has 0 aromatic heterocycles. The predicted octanol–water partition coefficient (Wildman–Crippen LogP) is 1.67. The van der Waals surface area contributed by atoms with Crippen LogP contribution >= 0.6 is 0 Å². The second-order valence-electron chi connectivity index (χ2n) is 4.38. The van der Waals surface area contributed by atoms with E-state index in [1.54, 1.807) is 0 Å². The number of carboxylic acids is 1. The third-order valence-corrected chi connectivity index (χ3v) is 2.55. The lowest BCUT2D eigenvalue weighted by Gasteiger charge is -2.26. The lowest BCUT2D eigenvalue weighted by atomic mass is 10.1. The van der Waals surface area contributed by atoms with Crippen molar-refractivity contribution in [2.24, 2.45) is 0 Å². The molecule has 0 atom stereocenters. The summed E-state index contributed by atoms with van der Waals surface area (Å²) < 4.78 is 14.4. The minimum atomic E-state index is -2.35. The molecule has 0 aliphatic rings. The monoisotopic (exact) mass is 334 g/mol. The Bertz CT molecular complexity index is 665. The SMILES string of the molecule is C=CC(=O)OC(C)(OC(=O)C=C)OC(=O)c1ccc(C(=O)O)cc1. The molecule has 0 heterocycles. The first-order chi connectivity index (χ1) is 11.2. The second kappa shape index (κ2) is 7.73. The number of aromatic carboxylic acids is 1. The first-order valence-corrected chi connectivity index (χ1v) is 6.48.